The van der Waals surface area contributed by atoms with Crippen LogP contribution in [0.3, 0.4) is 0 Å². The van der Waals surface area contributed by atoms with Crippen LogP contribution in [-0.4, -0.2) is 57.3 Å². The lowest BCUT2D eigenvalue weighted by Crippen LogP contribution is -2.40. The molecule has 1 unspecified atom stereocenters. The van der Waals surface area contributed by atoms with Gasteiger partial charge in [0.2, 0.25) is 0 Å². The van der Waals surface area contributed by atoms with E-state index in [4.69, 9.17) is 4.99 Å². The molecule has 1 fully saturated rings. The summed E-state index contributed by atoms with van der Waals surface area (Å²) in [7, 11) is 2.00. The first-order valence-corrected chi connectivity index (χ1v) is 10.8. The van der Waals surface area contributed by atoms with Gasteiger partial charge in [0.1, 0.15) is 12.4 Å². The molecule has 1 aliphatic rings. The second kappa shape index (κ2) is 10.0. The van der Waals surface area contributed by atoms with Gasteiger partial charge in [-0.15, -0.1) is 10.2 Å². The molecule has 7 heteroatoms. The number of hydrogen-bond acceptors (Lipinski definition) is 4. The Hall–Kier alpha value is -1.24. The molecule has 1 aromatic rings. The van der Waals surface area contributed by atoms with E-state index in [1.807, 2.05) is 30.3 Å². The SMILES string of the molecule is CSCCCNC(=NCc1nnc(C)n1C)N1CCC(CC(C)C)C1. The van der Waals surface area contributed by atoms with Gasteiger partial charge >= 0.3 is 0 Å². The van der Waals surface area contributed by atoms with Gasteiger partial charge in [-0.3, -0.25) is 0 Å². The monoisotopic (exact) mass is 366 g/mol. The Bertz CT molecular complexity index is 554. The molecule has 0 aromatic carbocycles. The molecular weight excluding hydrogens is 332 g/mol. The third-order valence-electron chi connectivity index (χ3n) is 4.75. The van der Waals surface area contributed by atoms with E-state index in [9.17, 15) is 0 Å². The topological polar surface area (TPSA) is 58.3 Å². The first kappa shape index (κ1) is 20.1. The molecule has 1 aromatic heterocycles. The average Bonchev–Trinajstić information content (AvgIpc) is 3.15. The molecule has 0 spiro atoms. The van der Waals surface area contributed by atoms with Crippen molar-refractivity contribution in [3.8, 4) is 0 Å². The van der Waals surface area contributed by atoms with Gasteiger partial charge in [0.05, 0.1) is 0 Å². The standard InChI is InChI=1S/C18H34N6S/c1-14(2)11-16-7-9-24(13-16)18(19-8-6-10-25-5)20-12-17-22-21-15(3)23(17)4/h14,16H,6-13H2,1-5H3,(H,19,20). The Labute approximate surface area is 156 Å². The lowest BCUT2D eigenvalue weighted by molar-refractivity contribution is 0.403. The van der Waals surface area contributed by atoms with Crippen LogP contribution < -0.4 is 5.32 Å². The fourth-order valence-corrected chi connectivity index (χ4v) is 3.74. The Morgan fingerprint density at radius 1 is 1.40 bits per heavy atom. The van der Waals surface area contributed by atoms with Gasteiger partial charge in [0, 0.05) is 26.7 Å². The fraction of sp³-hybridized carbons (Fsp3) is 0.833. The maximum absolute atomic E-state index is 4.86. The summed E-state index contributed by atoms with van der Waals surface area (Å²) in [6, 6.07) is 0. The molecule has 25 heavy (non-hydrogen) atoms. The predicted octanol–water partition coefficient (Wildman–Crippen LogP) is 2.69. The summed E-state index contributed by atoms with van der Waals surface area (Å²) in [4.78, 5) is 7.29. The second-order valence-corrected chi connectivity index (χ2v) is 8.35. The summed E-state index contributed by atoms with van der Waals surface area (Å²) in [5.41, 5.74) is 0. The van der Waals surface area contributed by atoms with E-state index >= 15 is 0 Å². The first-order chi connectivity index (χ1) is 12.0. The van der Waals surface area contributed by atoms with Crippen molar-refractivity contribution in [1.29, 1.82) is 0 Å². The van der Waals surface area contributed by atoms with Gasteiger partial charge in [0.15, 0.2) is 11.8 Å². The van der Waals surface area contributed by atoms with E-state index < -0.39 is 0 Å². The second-order valence-electron chi connectivity index (χ2n) is 7.37. The van der Waals surface area contributed by atoms with Crippen LogP contribution in [-0.2, 0) is 13.6 Å². The third-order valence-corrected chi connectivity index (χ3v) is 5.45. The van der Waals surface area contributed by atoms with Gasteiger partial charge in [-0.05, 0) is 50.0 Å². The normalized spacial score (nSPS) is 18.4. The van der Waals surface area contributed by atoms with Crippen molar-refractivity contribution in [2.75, 3.05) is 31.6 Å². The fourth-order valence-electron chi connectivity index (χ4n) is 3.30. The number of likely N-dealkylation sites (tertiary alicyclic amines) is 1. The van der Waals surface area contributed by atoms with Crippen molar-refractivity contribution in [2.45, 2.75) is 46.6 Å². The Morgan fingerprint density at radius 3 is 2.84 bits per heavy atom. The van der Waals surface area contributed by atoms with Gasteiger partial charge < -0.3 is 14.8 Å². The lowest BCUT2D eigenvalue weighted by atomic mass is 9.97. The summed E-state index contributed by atoms with van der Waals surface area (Å²) in [6.45, 7) is 10.4. The zero-order chi connectivity index (χ0) is 18.2. The van der Waals surface area contributed by atoms with E-state index in [0.717, 1.165) is 55.5 Å². The maximum Gasteiger partial charge on any atom is 0.194 e. The maximum atomic E-state index is 4.86. The number of aromatic nitrogens is 3. The van der Waals surface area contributed by atoms with Crippen LogP contribution in [0.2, 0.25) is 0 Å². The van der Waals surface area contributed by atoms with Crippen LogP contribution in [0.5, 0.6) is 0 Å². The molecular formula is C18H34N6S. The van der Waals surface area contributed by atoms with Crippen molar-refractivity contribution >= 4 is 17.7 Å². The molecule has 142 valence electrons. The highest BCUT2D eigenvalue weighted by atomic mass is 32.2. The molecule has 6 nitrogen and oxygen atoms in total. The largest absolute Gasteiger partial charge is 0.356 e. The molecule has 2 rings (SSSR count). The van der Waals surface area contributed by atoms with Crippen LogP contribution >= 0.6 is 11.8 Å². The zero-order valence-electron chi connectivity index (χ0n) is 16.5. The van der Waals surface area contributed by atoms with Crippen LogP contribution in [0, 0.1) is 18.8 Å². The number of hydrogen-bond donors (Lipinski definition) is 1. The van der Waals surface area contributed by atoms with Gasteiger partial charge in [-0.2, -0.15) is 11.8 Å². The summed E-state index contributed by atoms with van der Waals surface area (Å²) < 4.78 is 2.01. The van der Waals surface area contributed by atoms with E-state index in [-0.39, 0.29) is 0 Å². The Kier molecular flexibility index (Phi) is 8.06. The van der Waals surface area contributed by atoms with Crippen LogP contribution in [0.15, 0.2) is 4.99 Å². The van der Waals surface area contributed by atoms with Crippen molar-refractivity contribution in [3.63, 3.8) is 0 Å². The van der Waals surface area contributed by atoms with Crippen LogP contribution in [0.25, 0.3) is 0 Å². The Balaban J connectivity index is 1.99. The lowest BCUT2D eigenvalue weighted by Gasteiger charge is -2.22. The smallest absolute Gasteiger partial charge is 0.194 e. The molecule has 2 heterocycles. The summed E-state index contributed by atoms with van der Waals surface area (Å²) in [6.07, 6.45) is 5.89. The van der Waals surface area contributed by atoms with Gasteiger partial charge in [0.25, 0.3) is 0 Å². The van der Waals surface area contributed by atoms with E-state index in [1.54, 1.807) is 0 Å². The summed E-state index contributed by atoms with van der Waals surface area (Å²) in [5, 5.41) is 11.9. The highest BCUT2D eigenvalue weighted by Gasteiger charge is 2.25. The number of nitrogens with zero attached hydrogens (tertiary/aromatic N) is 5. The van der Waals surface area contributed by atoms with E-state index in [1.165, 1.54) is 18.6 Å². The minimum atomic E-state index is 0.577. The van der Waals surface area contributed by atoms with Crippen molar-refractivity contribution in [3.05, 3.63) is 11.6 Å². The van der Waals surface area contributed by atoms with E-state index in [0.29, 0.717) is 6.54 Å². The van der Waals surface area contributed by atoms with Gasteiger partial charge in [-0.25, -0.2) is 4.99 Å². The molecule has 0 bridgehead atoms. The van der Waals surface area contributed by atoms with Gasteiger partial charge in [-0.1, -0.05) is 13.8 Å². The Morgan fingerprint density at radius 2 is 2.20 bits per heavy atom. The highest BCUT2D eigenvalue weighted by Crippen LogP contribution is 2.23. The predicted molar refractivity (Wildman–Crippen MR) is 107 cm³/mol. The summed E-state index contributed by atoms with van der Waals surface area (Å²) in [5.74, 6) is 5.61. The third kappa shape index (κ3) is 6.20. The minimum absolute atomic E-state index is 0.577. The minimum Gasteiger partial charge on any atom is -0.356 e. The number of aliphatic imine (C=N–C) groups is 1. The molecule has 1 atom stereocenters. The number of rotatable bonds is 8. The van der Waals surface area contributed by atoms with E-state index in [2.05, 4.69) is 40.5 Å². The average molecular weight is 367 g/mol. The quantitative estimate of drug-likeness (QED) is 0.435. The molecule has 0 aliphatic carbocycles. The zero-order valence-corrected chi connectivity index (χ0v) is 17.3. The molecule has 1 N–H and O–H groups in total. The van der Waals surface area contributed by atoms with Crippen molar-refractivity contribution in [2.24, 2.45) is 23.9 Å². The number of guanidine groups is 1. The number of nitrogens with one attached hydrogen (secondary N) is 1. The molecule has 0 saturated carbocycles. The molecule has 0 amide bonds. The first-order valence-electron chi connectivity index (χ1n) is 9.38. The number of aryl methyl sites for hydroxylation is 1. The molecule has 1 saturated heterocycles. The van der Waals surface area contributed by atoms with Crippen LogP contribution in [0.1, 0.15) is 44.8 Å². The summed E-state index contributed by atoms with van der Waals surface area (Å²) >= 11 is 1.89. The van der Waals surface area contributed by atoms with Crippen LogP contribution in [0.4, 0.5) is 0 Å². The number of thioether (sulfide) groups is 1. The van der Waals surface area contributed by atoms with Crippen molar-refractivity contribution in [1.82, 2.24) is 25.0 Å². The molecule has 1 aliphatic heterocycles. The molecule has 0 radical (unpaired) electrons. The van der Waals surface area contributed by atoms with Crippen molar-refractivity contribution < 1.29 is 0 Å². The highest BCUT2D eigenvalue weighted by molar-refractivity contribution is 7.98.